The Bertz CT molecular complexity index is 929. The molecular weight excluding hydrogens is 354 g/mol. The number of piperidine rings is 1. The molecule has 1 aromatic carbocycles. The quantitative estimate of drug-likeness (QED) is 0.684. The van der Waals surface area contributed by atoms with Crippen molar-refractivity contribution in [3.05, 3.63) is 57.4 Å². The molecule has 4 rings (SSSR count). The SMILES string of the molecule is Cc1[nH]c2ccc(C(=O)NCC3CCCN(Cc4cccs4)C3)cc2c1C. The Morgan fingerprint density at radius 2 is 2.22 bits per heavy atom. The summed E-state index contributed by atoms with van der Waals surface area (Å²) < 4.78 is 0. The van der Waals surface area contributed by atoms with Gasteiger partial charge >= 0.3 is 0 Å². The van der Waals surface area contributed by atoms with Crippen LogP contribution in [0.15, 0.2) is 35.7 Å². The van der Waals surface area contributed by atoms with Gasteiger partial charge in [-0.25, -0.2) is 0 Å². The van der Waals surface area contributed by atoms with Crippen LogP contribution in [0.25, 0.3) is 10.9 Å². The maximum absolute atomic E-state index is 12.7. The number of aryl methyl sites for hydroxylation is 2. The van der Waals surface area contributed by atoms with Crippen molar-refractivity contribution in [2.75, 3.05) is 19.6 Å². The molecule has 2 aromatic heterocycles. The molecule has 0 bridgehead atoms. The number of benzene rings is 1. The van der Waals surface area contributed by atoms with Crippen LogP contribution in [0.5, 0.6) is 0 Å². The molecule has 0 spiro atoms. The van der Waals surface area contributed by atoms with E-state index >= 15 is 0 Å². The highest BCUT2D eigenvalue weighted by atomic mass is 32.1. The first-order chi connectivity index (χ1) is 13.1. The van der Waals surface area contributed by atoms with Gasteiger partial charge in [0.15, 0.2) is 0 Å². The molecule has 1 saturated heterocycles. The fourth-order valence-corrected chi connectivity index (χ4v) is 4.77. The van der Waals surface area contributed by atoms with Gasteiger partial charge in [-0.05, 0) is 74.4 Å². The number of carbonyl (C=O) groups excluding carboxylic acids is 1. The van der Waals surface area contributed by atoms with E-state index in [-0.39, 0.29) is 5.91 Å². The zero-order valence-corrected chi connectivity index (χ0v) is 16.9. The minimum Gasteiger partial charge on any atom is -0.358 e. The van der Waals surface area contributed by atoms with Crippen LogP contribution in [0.2, 0.25) is 0 Å². The van der Waals surface area contributed by atoms with Crippen LogP contribution in [0.1, 0.15) is 39.3 Å². The molecule has 142 valence electrons. The average molecular weight is 382 g/mol. The molecule has 1 amide bonds. The number of aromatic nitrogens is 1. The van der Waals surface area contributed by atoms with Gasteiger partial charge < -0.3 is 10.3 Å². The predicted octanol–water partition coefficient (Wildman–Crippen LogP) is 4.49. The summed E-state index contributed by atoms with van der Waals surface area (Å²) >= 11 is 1.82. The molecule has 0 aliphatic carbocycles. The maximum Gasteiger partial charge on any atom is 0.251 e. The van der Waals surface area contributed by atoms with E-state index in [4.69, 9.17) is 0 Å². The van der Waals surface area contributed by atoms with Gasteiger partial charge in [-0.1, -0.05) is 6.07 Å². The molecule has 1 fully saturated rings. The first-order valence-electron chi connectivity index (χ1n) is 9.72. The van der Waals surface area contributed by atoms with E-state index in [1.807, 2.05) is 29.5 Å². The fraction of sp³-hybridized carbons (Fsp3) is 0.409. The van der Waals surface area contributed by atoms with Crippen LogP contribution in [0, 0.1) is 19.8 Å². The highest BCUT2D eigenvalue weighted by molar-refractivity contribution is 7.09. The summed E-state index contributed by atoms with van der Waals surface area (Å²) in [4.78, 5) is 20.0. The van der Waals surface area contributed by atoms with Crippen LogP contribution >= 0.6 is 11.3 Å². The number of hydrogen-bond donors (Lipinski definition) is 2. The normalized spacial score (nSPS) is 18.1. The number of aromatic amines is 1. The van der Waals surface area contributed by atoms with Crippen molar-refractivity contribution in [2.24, 2.45) is 5.92 Å². The third-order valence-electron chi connectivity index (χ3n) is 5.68. The second kappa shape index (κ2) is 7.87. The molecule has 1 atom stereocenters. The van der Waals surface area contributed by atoms with E-state index in [0.29, 0.717) is 5.92 Å². The molecule has 2 N–H and O–H groups in total. The van der Waals surface area contributed by atoms with Gasteiger partial charge in [0.25, 0.3) is 5.91 Å². The van der Waals surface area contributed by atoms with Crippen LogP contribution in [-0.2, 0) is 6.54 Å². The molecule has 0 radical (unpaired) electrons. The third-order valence-corrected chi connectivity index (χ3v) is 6.55. The Morgan fingerprint density at radius 1 is 1.33 bits per heavy atom. The first kappa shape index (κ1) is 18.3. The minimum absolute atomic E-state index is 0.0329. The number of likely N-dealkylation sites (tertiary alicyclic amines) is 1. The van der Waals surface area contributed by atoms with E-state index in [1.54, 1.807) is 0 Å². The Kier molecular flexibility index (Phi) is 5.32. The molecule has 1 unspecified atom stereocenters. The number of hydrogen-bond acceptors (Lipinski definition) is 3. The summed E-state index contributed by atoms with van der Waals surface area (Å²) in [5.41, 5.74) is 4.22. The summed E-state index contributed by atoms with van der Waals surface area (Å²) in [5, 5.41) is 6.45. The van der Waals surface area contributed by atoms with Crippen LogP contribution in [0.4, 0.5) is 0 Å². The van der Waals surface area contributed by atoms with E-state index < -0.39 is 0 Å². The van der Waals surface area contributed by atoms with E-state index in [2.05, 4.69) is 46.6 Å². The zero-order valence-electron chi connectivity index (χ0n) is 16.0. The number of carbonyl (C=O) groups is 1. The fourth-order valence-electron chi connectivity index (χ4n) is 4.03. The molecule has 1 aliphatic rings. The van der Waals surface area contributed by atoms with Crippen LogP contribution < -0.4 is 5.32 Å². The van der Waals surface area contributed by atoms with Gasteiger partial charge in [-0.2, -0.15) is 0 Å². The lowest BCUT2D eigenvalue weighted by Crippen LogP contribution is -2.40. The lowest BCUT2D eigenvalue weighted by molar-refractivity contribution is 0.0931. The first-order valence-corrected chi connectivity index (χ1v) is 10.6. The number of amides is 1. The lowest BCUT2D eigenvalue weighted by Gasteiger charge is -2.32. The number of nitrogens with zero attached hydrogens (tertiary/aromatic N) is 1. The summed E-state index contributed by atoms with van der Waals surface area (Å²) in [7, 11) is 0. The Morgan fingerprint density at radius 3 is 3.04 bits per heavy atom. The molecule has 3 heterocycles. The minimum atomic E-state index is 0.0329. The van der Waals surface area contributed by atoms with E-state index in [0.717, 1.165) is 48.3 Å². The lowest BCUT2D eigenvalue weighted by atomic mass is 9.97. The van der Waals surface area contributed by atoms with Crippen molar-refractivity contribution in [3.63, 3.8) is 0 Å². The maximum atomic E-state index is 12.7. The topological polar surface area (TPSA) is 48.1 Å². The number of rotatable bonds is 5. The number of H-pyrrole nitrogens is 1. The van der Waals surface area contributed by atoms with Crippen molar-refractivity contribution < 1.29 is 4.79 Å². The molecule has 1 aliphatic heterocycles. The molecule has 4 nitrogen and oxygen atoms in total. The number of fused-ring (bicyclic) bond motifs is 1. The Labute approximate surface area is 164 Å². The van der Waals surface area contributed by atoms with E-state index in [1.165, 1.54) is 23.3 Å². The van der Waals surface area contributed by atoms with Gasteiger partial charge in [0, 0.05) is 46.7 Å². The van der Waals surface area contributed by atoms with Gasteiger partial charge in [-0.3, -0.25) is 9.69 Å². The van der Waals surface area contributed by atoms with Crippen LogP contribution in [0.3, 0.4) is 0 Å². The number of nitrogens with one attached hydrogen (secondary N) is 2. The van der Waals surface area contributed by atoms with Gasteiger partial charge in [0.05, 0.1) is 0 Å². The van der Waals surface area contributed by atoms with Crippen molar-refractivity contribution in [3.8, 4) is 0 Å². The standard InChI is InChI=1S/C22H27N3OS/c1-15-16(2)24-21-8-7-18(11-20(15)21)22(26)23-12-17-5-3-9-25(13-17)14-19-6-4-10-27-19/h4,6-8,10-11,17,24H,3,5,9,12-14H2,1-2H3,(H,23,26). The number of thiophene rings is 1. The Hall–Kier alpha value is -2.11. The highest BCUT2D eigenvalue weighted by Crippen LogP contribution is 2.23. The molecule has 0 saturated carbocycles. The largest absolute Gasteiger partial charge is 0.358 e. The van der Waals surface area contributed by atoms with Crippen LogP contribution in [-0.4, -0.2) is 35.4 Å². The van der Waals surface area contributed by atoms with Crippen molar-refractivity contribution in [2.45, 2.75) is 33.2 Å². The highest BCUT2D eigenvalue weighted by Gasteiger charge is 2.21. The van der Waals surface area contributed by atoms with E-state index in [9.17, 15) is 4.79 Å². The summed E-state index contributed by atoms with van der Waals surface area (Å²) in [6.07, 6.45) is 2.40. The summed E-state index contributed by atoms with van der Waals surface area (Å²) in [6.45, 7) is 8.17. The average Bonchev–Trinajstić information content (AvgIpc) is 3.28. The predicted molar refractivity (Wildman–Crippen MR) is 112 cm³/mol. The van der Waals surface area contributed by atoms with Crippen molar-refractivity contribution >= 4 is 28.1 Å². The third kappa shape index (κ3) is 4.09. The molecule has 27 heavy (non-hydrogen) atoms. The van der Waals surface area contributed by atoms with Gasteiger partial charge in [0.2, 0.25) is 0 Å². The summed E-state index contributed by atoms with van der Waals surface area (Å²) in [6, 6.07) is 10.3. The molecule has 3 aromatic rings. The van der Waals surface area contributed by atoms with Crippen molar-refractivity contribution in [1.29, 1.82) is 0 Å². The molecule has 5 heteroatoms. The van der Waals surface area contributed by atoms with Gasteiger partial charge in [-0.15, -0.1) is 11.3 Å². The molecular formula is C22H27N3OS. The Balaban J connectivity index is 1.35. The summed E-state index contributed by atoms with van der Waals surface area (Å²) in [5.74, 6) is 0.563. The zero-order chi connectivity index (χ0) is 18.8. The second-order valence-electron chi connectivity index (χ2n) is 7.67. The van der Waals surface area contributed by atoms with Gasteiger partial charge in [0.1, 0.15) is 0 Å². The van der Waals surface area contributed by atoms with Crippen molar-refractivity contribution in [1.82, 2.24) is 15.2 Å². The second-order valence-corrected chi connectivity index (χ2v) is 8.70. The smallest absolute Gasteiger partial charge is 0.251 e. The monoisotopic (exact) mass is 381 g/mol.